The van der Waals surface area contributed by atoms with Gasteiger partial charge in [0.1, 0.15) is 11.9 Å². The first-order valence-electron chi connectivity index (χ1n) is 9.30. The summed E-state index contributed by atoms with van der Waals surface area (Å²) in [5, 5.41) is 14.2. The van der Waals surface area contributed by atoms with E-state index in [1.807, 2.05) is 6.92 Å². The molecule has 0 aromatic heterocycles. The van der Waals surface area contributed by atoms with Gasteiger partial charge in [-0.05, 0) is 24.1 Å². The van der Waals surface area contributed by atoms with Crippen molar-refractivity contribution in [2.45, 2.75) is 44.9 Å². The number of aliphatic carboxylic acids is 1. The maximum atomic E-state index is 12.9. The number of carbonyl (C=O) groups is 3. The van der Waals surface area contributed by atoms with Gasteiger partial charge in [-0.3, -0.25) is 9.59 Å². The van der Waals surface area contributed by atoms with Gasteiger partial charge in [0.05, 0.1) is 19.1 Å². The maximum absolute atomic E-state index is 12.9. The van der Waals surface area contributed by atoms with Crippen LogP contribution in [0.15, 0.2) is 24.3 Å². The number of benzene rings is 1. The summed E-state index contributed by atoms with van der Waals surface area (Å²) in [5.41, 5.74) is 0.736. The van der Waals surface area contributed by atoms with Crippen molar-refractivity contribution < 1.29 is 28.6 Å². The molecule has 0 bridgehead atoms. The van der Waals surface area contributed by atoms with E-state index in [1.165, 1.54) is 17.0 Å². The highest BCUT2D eigenvalue weighted by Gasteiger charge is 2.30. The minimum absolute atomic E-state index is 0.173. The third-order valence-electron chi connectivity index (χ3n) is 4.40. The Morgan fingerprint density at radius 1 is 1.32 bits per heavy atom. The van der Waals surface area contributed by atoms with Crippen molar-refractivity contribution in [1.29, 1.82) is 0 Å². The first-order chi connectivity index (χ1) is 13.4. The van der Waals surface area contributed by atoms with Gasteiger partial charge in [-0.1, -0.05) is 25.5 Å². The number of carbonyl (C=O) groups excluding carboxylic acids is 2. The molecule has 8 nitrogen and oxygen atoms in total. The summed E-state index contributed by atoms with van der Waals surface area (Å²) in [5.74, 6) is -1.59. The second-order valence-corrected chi connectivity index (χ2v) is 6.67. The topological polar surface area (TPSA) is 108 Å². The van der Waals surface area contributed by atoms with E-state index >= 15 is 0 Å². The summed E-state index contributed by atoms with van der Waals surface area (Å²) in [4.78, 5) is 37.4. The van der Waals surface area contributed by atoms with Gasteiger partial charge in [0, 0.05) is 19.6 Å². The van der Waals surface area contributed by atoms with Crippen LogP contribution < -0.4 is 10.6 Å². The summed E-state index contributed by atoms with van der Waals surface area (Å²) < 4.78 is 18.3. The van der Waals surface area contributed by atoms with E-state index in [9.17, 15) is 18.8 Å². The zero-order valence-corrected chi connectivity index (χ0v) is 15.8. The van der Waals surface area contributed by atoms with Crippen LogP contribution in [0.3, 0.4) is 0 Å². The minimum atomic E-state index is -0.984. The molecule has 1 heterocycles. The van der Waals surface area contributed by atoms with E-state index < -0.39 is 24.1 Å². The Balaban J connectivity index is 1.89. The van der Waals surface area contributed by atoms with Gasteiger partial charge in [-0.25, -0.2) is 9.18 Å². The first kappa shape index (κ1) is 21.6. The van der Waals surface area contributed by atoms with Gasteiger partial charge < -0.3 is 25.4 Å². The predicted octanol–water partition coefficient (Wildman–Crippen LogP) is 1.50. The Morgan fingerprint density at radius 2 is 2.04 bits per heavy atom. The van der Waals surface area contributed by atoms with E-state index in [2.05, 4.69) is 10.6 Å². The molecule has 0 saturated carbocycles. The molecule has 154 valence electrons. The second-order valence-electron chi connectivity index (χ2n) is 6.67. The SMILES string of the molecule is CCCC(NC(=O)NCc1ccc(F)cc1)C(=O)N1CCOC(CC(=O)O)C1. The fourth-order valence-corrected chi connectivity index (χ4v) is 3.00. The Kier molecular flexibility index (Phi) is 8.19. The van der Waals surface area contributed by atoms with Crippen LogP contribution in [-0.2, 0) is 20.9 Å². The lowest BCUT2D eigenvalue weighted by atomic mass is 10.1. The molecule has 9 heteroatoms. The Morgan fingerprint density at radius 3 is 2.68 bits per heavy atom. The van der Waals surface area contributed by atoms with Crippen molar-refractivity contribution >= 4 is 17.9 Å². The Bertz CT molecular complexity index is 683. The zero-order chi connectivity index (χ0) is 20.5. The molecule has 1 fully saturated rings. The quantitative estimate of drug-likeness (QED) is 0.618. The maximum Gasteiger partial charge on any atom is 0.315 e. The molecule has 3 N–H and O–H groups in total. The van der Waals surface area contributed by atoms with E-state index in [-0.39, 0.29) is 37.8 Å². The number of urea groups is 1. The monoisotopic (exact) mass is 395 g/mol. The van der Waals surface area contributed by atoms with Gasteiger partial charge in [0.2, 0.25) is 5.91 Å². The normalized spacial score (nSPS) is 17.6. The van der Waals surface area contributed by atoms with Crippen LogP contribution in [0.4, 0.5) is 9.18 Å². The van der Waals surface area contributed by atoms with E-state index in [4.69, 9.17) is 9.84 Å². The fraction of sp³-hybridized carbons (Fsp3) is 0.526. The van der Waals surface area contributed by atoms with E-state index in [0.717, 1.165) is 5.56 Å². The summed E-state index contributed by atoms with van der Waals surface area (Å²) in [6, 6.07) is 4.56. The second kappa shape index (κ2) is 10.6. The first-order valence-corrected chi connectivity index (χ1v) is 9.30. The number of nitrogens with zero attached hydrogens (tertiary/aromatic N) is 1. The largest absolute Gasteiger partial charge is 0.481 e. The van der Waals surface area contributed by atoms with Crippen molar-refractivity contribution in [3.63, 3.8) is 0 Å². The van der Waals surface area contributed by atoms with E-state index in [1.54, 1.807) is 12.1 Å². The number of ether oxygens (including phenoxy) is 1. The lowest BCUT2D eigenvalue weighted by Crippen LogP contribution is -2.55. The minimum Gasteiger partial charge on any atom is -0.481 e. The summed E-state index contributed by atoms with van der Waals surface area (Å²) in [6.07, 6.45) is 0.430. The average molecular weight is 395 g/mol. The Labute approximate surface area is 163 Å². The number of halogens is 1. The smallest absolute Gasteiger partial charge is 0.315 e. The molecule has 0 radical (unpaired) electrons. The number of carboxylic acid groups (broad SMARTS) is 1. The average Bonchev–Trinajstić information content (AvgIpc) is 2.66. The number of morpholine rings is 1. The molecule has 3 amide bonds. The van der Waals surface area contributed by atoms with Gasteiger partial charge in [-0.15, -0.1) is 0 Å². The molecule has 2 rings (SSSR count). The lowest BCUT2D eigenvalue weighted by molar-refractivity contribution is -0.148. The summed E-state index contributed by atoms with van der Waals surface area (Å²) in [7, 11) is 0. The number of amides is 3. The summed E-state index contributed by atoms with van der Waals surface area (Å²) in [6.45, 7) is 2.92. The van der Waals surface area contributed by atoms with Crippen molar-refractivity contribution in [3.8, 4) is 0 Å². The zero-order valence-electron chi connectivity index (χ0n) is 15.8. The van der Waals surface area contributed by atoms with Gasteiger partial charge in [0.25, 0.3) is 0 Å². The van der Waals surface area contributed by atoms with Crippen molar-refractivity contribution in [2.24, 2.45) is 0 Å². The molecule has 1 saturated heterocycles. The molecule has 2 atom stereocenters. The van der Waals surface area contributed by atoms with E-state index in [0.29, 0.717) is 19.4 Å². The number of hydrogen-bond acceptors (Lipinski definition) is 4. The van der Waals surface area contributed by atoms with Crippen LogP contribution in [0.1, 0.15) is 31.7 Å². The van der Waals surface area contributed by atoms with Crippen molar-refractivity contribution in [3.05, 3.63) is 35.6 Å². The van der Waals surface area contributed by atoms with Gasteiger partial charge in [0.15, 0.2) is 0 Å². The summed E-state index contributed by atoms with van der Waals surface area (Å²) >= 11 is 0. The molecule has 1 aromatic rings. The molecule has 28 heavy (non-hydrogen) atoms. The number of rotatable bonds is 8. The molecular weight excluding hydrogens is 369 g/mol. The number of hydrogen-bond donors (Lipinski definition) is 3. The third-order valence-corrected chi connectivity index (χ3v) is 4.40. The van der Waals surface area contributed by atoms with Crippen LogP contribution in [-0.4, -0.2) is 59.8 Å². The Hall–Kier alpha value is -2.68. The molecule has 0 aliphatic carbocycles. The molecule has 2 unspecified atom stereocenters. The van der Waals surface area contributed by atoms with Crippen LogP contribution in [0.5, 0.6) is 0 Å². The van der Waals surface area contributed by atoms with Crippen molar-refractivity contribution in [1.82, 2.24) is 15.5 Å². The van der Waals surface area contributed by atoms with Crippen LogP contribution in [0.25, 0.3) is 0 Å². The standard InChI is InChI=1S/C19H26FN3O5/c1-2-3-16(18(26)23-8-9-28-15(12-23)10-17(24)25)22-19(27)21-11-13-4-6-14(20)7-5-13/h4-7,15-16H,2-3,8-12H2,1H3,(H,24,25)(H2,21,22,27). The molecule has 1 aliphatic rings. The van der Waals surface area contributed by atoms with Gasteiger partial charge >= 0.3 is 12.0 Å². The molecule has 1 aliphatic heterocycles. The van der Waals surface area contributed by atoms with Crippen LogP contribution >= 0.6 is 0 Å². The highest BCUT2D eigenvalue weighted by molar-refractivity contribution is 5.87. The molecular formula is C19H26FN3O5. The number of carboxylic acids is 1. The lowest BCUT2D eigenvalue weighted by Gasteiger charge is -2.34. The van der Waals surface area contributed by atoms with Crippen molar-refractivity contribution in [2.75, 3.05) is 19.7 Å². The van der Waals surface area contributed by atoms with Gasteiger partial charge in [-0.2, -0.15) is 0 Å². The van der Waals surface area contributed by atoms with Crippen LogP contribution in [0, 0.1) is 5.82 Å². The highest BCUT2D eigenvalue weighted by Crippen LogP contribution is 2.12. The predicted molar refractivity (Wildman–Crippen MR) is 99.0 cm³/mol. The highest BCUT2D eigenvalue weighted by atomic mass is 19.1. The van der Waals surface area contributed by atoms with Crippen LogP contribution in [0.2, 0.25) is 0 Å². The number of nitrogens with one attached hydrogen (secondary N) is 2. The fourth-order valence-electron chi connectivity index (χ4n) is 3.00. The molecule has 1 aromatic carbocycles. The third kappa shape index (κ3) is 6.80. The molecule has 0 spiro atoms.